The Labute approximate surface area is 167 Å². The monoisotopic (exact) mass is 386 g/mol. The molecule has 1 heterocycles. The largest absolute Gasteiger partial charge is 0.493 e. The van der Waals surface area contributed by atoms with Gasteiger partial charge < -0.3 is 14.2 Å². The van der Waals surface area contributed by atoms with Crippen LogP contribution in [0.5, 0.6) is 11.5 Å². The smallest absolute Gasteiger partial charge is 0.322 e. The molecule has 6 nitrogen and oxygen atoms in total. The van der Waals surface area contributed by atoms with E-state index in [0.29, 0.717) is 31.7 Å². The summed E-state index contributed by atoms with van der Waals surface area (Å²) < 4.78 is 16.6. The zero-order chi connectivity index (χ0) is 20.1. The molecular weight excluding hydrogens is 356 g/mol. The zero-order valence-corrected chi connectivity index (χ0v) is 17.1. The molecule has 3 rings (SSSR count). The summed E-state index contributed by atoms with van der Waals surface area (Å²) in [6, 6.07) is 8.13. The van der Waals surface area contributed by atoms with E-state index >= 15 is 0 Å². The average molecular weight is 386 g/mol. The van der Waals surface area contributed by atoms with Crippen LogP contribution in [0, 0.1) is 11.3 Å². The molecule has 0 amide bonds. The maximum Gasteiger partial charge on any atom is 0.322 e. The van der Waals surface area contributed by atoms with Crippen molar-refractivity contribution in [2.75, 3.05) is 27.3 Å². The molecule has 2 fully saturated rings. The van der Waals surface area contributed by atoms with Crippen molar-refractivity contribution in [1.82, 2.24) is 4.90 Å². The maximum absolute atomic E-state index is 11.8. The van der Waals surface area contributed by atoms with Crippen molar-refractivity contribution in [3.8, 4) is 17.6 Å². The molecule has 1 unspecified atom stereocenters. The molecule has 6 heteroatoms. The van der Waals surface area contributed by atoms with Gasteiger partial charge in [0.05, 0.1) is 31.8 Å². The topological polar surface area (TPSA) is 71.8 Å². The molecule has 1 atom stereocenters. The van der Waals surface area contributed by atoms with Crippen LogP contribution >= 0.6 is 0 Å². The fourth-order valence-electron chi connectivity index (χ4n) is 4.33. The summed E-state index contributed by atoms with van der Waals surface area (Å²) in [7, 11) is 3.05. The Hall–Kier alpha value is -2.26. The van der Waals surface area contributed by atoms with Crippen LogP contribution < -0.4 is 9.47 Å². The highest BCUT2D eigenvalue weighted by Gasteiger charge is 2.39. The minimum Gasteiger partial charge on any atom is -0.493 e. The van der Waals surface area contributed by atoms with Gasteiger partial charge in [-0.1, -0.05) is 6.07 Å². The highest BCUT2D eigenvalue weighted by molar-refractivity contribution is 5.75. The van der Waals surface area contributed by atoms with Crippen molar-refractivity contribution in [2.45, 2.75) is 63.0 Å². The Balaban J connectivity index is 1.79. The maximum atomic E-state index is 11.8. The number of ether oxygens (including phenoxy) is 3. The van der Waals surface area contributed by atoms with E-state index in [0.717, 1.165) is 24.2 Å². The summed E-state index contributed by atoms with van der Waals surface area (Å²) >= 11 is 0. The van der Waals surface area contributed by atoms with Crippen molar-refractivity contribution >= 4 is 5.97 Å². The Morgan fingerprint density at radius 1 is 1.21 bits per heavy atom. The average Bonchev–Trinajstić information content (AvgIpc) is 3.25. The van der Waals surface area contributed by atoms with Gasteiger partial charge in [-0.15, -0.1) is 0 Å². The second-order valence-electron chi connectivity index (χ2n) is 7.82. The van der Waals surface area contributed by atoms with Crippen molar-refractivity contribution in [3.63, 3.8) is 0 Å². The number of hydrogen-bond acceptors (Lipinski definition) is 6. The predicted octanol–water partition coefficient (Wildman–Crippen LogP) is 3.44. The predicted molar refractivity (Wildman–Crippen MR) is 105 cm³/mol. The number of hydrogen-bond donors (Lipinski definition) is 0. The van der Waals surface area contributed by atoms with Crippen LogP contribution in [0.4, 0.5) is 0 Å². The fraction of sp³-hybridized carbons (Fsp3) is 0.636. The molecule has 1 saturated carbocycles. The van der Waals surface area contributed by atoms with Crippen molar-refractivity contribution in [3.05, 3.63) is 23.8 Å². The molecule has 1 aromatic rings. The normalized spacial score (nSPS) is 20.9. The third-order valence-electron chi connectivity index (χ3n) is 6.27. The van der Waals surface area contributed by atoms with Gasteiger partial charge >= 0.3 is 5.97 Å². The summed E-state index contributed by atoms with van der Waals surface area (Å²) in [6.07, 6.45) is 6.09. The second-order valence-corrected chi connectivity index (χ2v) is 7.82. The Morgan fingerprint density at radius 3 is 2.46 bits per heavy atom. The van der Waals surface area contributed by atoms with Gasteiger partial charge in [-0.3, -0.25) is 9.69 Å². The number of nitrogens with zero attached hydrogens (tertiary/aromatic N) is 2. The standard InChI is InChI=1S/C22H30N2O4/c1-16(21(25)27-3)24-12-10-22(15-23,11-13-24)17-8-9-19(26-2)20(14-17)28-18-6-4-5-7-18/h8-9,14,16,18H,4-7,10-13H2,1-3H3. The van der Waals surface area contributed by atoms with E-state index in [1.54, 1.807) is 7.11 Å². The van der Waals surface area contributed by atoms with Gasteiger partial charge in [0.2, 0.25) is 0 Å². The van der Waals surface area contributed by atoms with E-state index in [2.05, 4.69) is 11.0 Å². The first-order chi connectivity index (χ1) is 13.5. The van der Waals surface area contributed by atoms with Gasteiger partial charge in [0.1, 0.15) is 6.04 Å². The summed E-state index contributed by atoms with van der Waals surface area (Å²) in [5, 5.41) is 10.0. The van der Waals surface area contributed by atoms with Gasteiger partial charge in [0.15, 0.2) is 11.5 Å². The fourth-order valence-corrected chi connectivity index (χ4v) is 4.33. The first-order valence-corrected chi connectivity index (χ1v) is 10.1. The van der Waals surface area contributed by atoms with E-state index < -0.39 is 5.41 Å². The molecule has 1 saturated heterocycles. The molecule has 0 radical (unpaired) electrons. The lowest BCUT2D eigenvalue weighted by Crippen LogP contribution is -2.48. The Kier molecular flexibility index (Phi) is 6.46. The molecule has 1 aromatic carbocycles. The molecule has 2 aliphatic rings. The summed E-state index contributed by atoms with van der Waals surface area (Å²) in [6.45, 7) is 3.20. The molecule has 0 aromatic heterocycles. The van der Waals surface area contributed by atoms with Gasteiger partial charge in [0, 0.05) is 13.1 Å². The van der Waals surface area contributed by atoms with Crippen LogP contribution in [-0.4, -0.2) is 50.3 Å². The third-order valence-corrected chi connectivity index (χ3v) is 6.27. The van der Waals surface area contributed by atoms with Crippen LogP contribution in [0.2, 0.25) is 0 Å². The number of rotatable bonds is 6. The number of nitriles is 1. The van der Waals surface area contributed by atoms with Crippen molar-refractivity contribution in [2.24, 2.45) is 0 Å². The Bertz CT molecular complexity index is 729. The lowest BCUT2D eigenvalue weighted by molar-refractivity contribution is -0.146. The lowest BCUT2D eigenvalue weighted by atomic mass is 9.73. The van der Waals surface area contributed by atoms with E-state index in [1.807, 2.05) is 25.1 Å². The zero-order valence-electron chi connectivity index (χ0n) is 17.1. The van der Waals surface area contributed by atoms with Crippen LogP contribution in [-0.2, 0) is 14.9 Å². The number of methoxy groups -OCH3 is 2. The van der Waals surface area contributed by atoms with E-state index in [1.165, 1.54) is 20.0 Å². The molecule has 0 spiro atoms. The van der Waals surface area contributed by atoms with Gasteiger partial charge in [0.25, 0.3) is 0 Å². The van der Waals surface area contributed by atoms with Gasteiger partial charge in [-0.2, -0.15) is 5.26 Å². The minimum absolute atomic E-state index is 0.227. The molecular formula is C22H30N2O4. The van der Waals surface area contributed by atoms with E-state index in [-0.39, 0.29) is 18.1 Å². The highest BCUT2D eigenvalue weighted by Crippen LogP contribution is 2.40. The highest BCUT2D eigenvalue weighted by atomic mass is 16.5. The first-order valence-electron chi connectivity index (χ1n) is 10.1. The number of benzene rings is 1. The quantitative estimate of drug-likeness (QED) is 0.698. The van der Waals surface area contributed by atoms with Gasteiger partial charge in [-0.25, -0.2) is 0 Å². The minimum atomic E-state index is -0.577. The number of likely N-dealkylation sites (tertiary alicyclic amines) is 1. The van der Waals surface area contributed by atoms with Gasteiger partial charge in [-0.05, 0) is 63.1 Å². The molecule has 152 valence electrons. The van der Waals surface area contributed by atoms with Crippen molar-refractivity contribution < 1.29 is 19.0 Å². The molecule has 28 heavy (non-hydrogen) atoms. The number of esters is 1. The first kappa shape index (κ1) is 20.5. The van der Waals surface area contributed by atoms with Crippen LogP contribution in [0.3, 0.4) is 0 Å². The van der Waals surface area contributed by atoms with Crippen molar-refractivity contribution in [1.29, 1.82) is 5.26 Å². The molecule has 0 N–H and O–H groups in total. The number of carbonyl (C=O) groups is 1. The molecule has 0 bridgehead atoms. The number of carbonyl (C=O) groups excluding carboxylic acids is 1. The SMILES string of the molecule is COC(=O)C(C)N1CCC(C#N)(c2ccc(OC)c(OC3CCCC3)c2)CC1. The second kappa shape index (κ2) is 8.83. The summed E-state index contributed by atoms with van der Waals surface area (Å²) in [5.74, 6) is 1.20. The Morgan fingerprint density at radius 2 is 1.89 bits per heavy atom. The lowest BCUT2D eigenvalue weighted by Gasteiger charge is -2.39. The number of piperidine rings is 1. The van der Waals surface area contributed by atoms with E-state index in [9.17, 15) is 10.1 Å². The summed E-state index contributed by atoms with van der Waals surface area (Å²) in [4.78, 5) is 13.9. The molecule has 1 aliphatic heterocycles. The molecule has 1 aliphatic carbocycles. The van der Waals surface area contributed by atoms with Crippen LogP contribution in [0.1, 0.15) is 51.0 Å². The van der Waals surface area contributed by atoms with Crippen LogP contribution in [0.25, 0.3) is 0 Å². The summed E-state index contributed by atoms with van der Waals surface area (Å²) in [5.41, 5.74) is 0.390. The van der Waals surface area contributed by atoms with E-state index in [4.69, 9.17) is 14.2 Å². The van der Waals surface area contributed by atoms with Crippen LogP contribution in [0.15, 0.2) is 18.2 Å². The third kappa shape index (κ3) is 4.10.